The van der Waals surface area contributed by atoms with Gasteiger partial charge in [0.05, 0.1) is 11.1 Å². The number of allylic oxidation sites excluding steroid dienone is 1. The smallest absolute Gasteiger partial charge is 0.410 e. The van der Waals surface area contributed by atoms with Gasteiger partial charge in [0.2, 0.25) is 0 Å². The molecule has 0 aromatic carbocycles. The highest BCUT2D eigenvalue weighted by atomic mass is 16.6. The van der Waals surface area contributed by atoms with E-state index in [1.807, 2.05) is 34.0 Å². The molecule has 0 radical (unpaired) electrons. The van der Waals surface area contributed by atoms with E-state index in [1.54, 1.807) is 11.0 Å². The number of nitrogens with one attached hydrogen (secondary N) is 2. The van der Waals surface area contributed by atoms with E-state index in [0.29, 0.717) is 13.1 Å². The van der Waals surface area contributed by atoms with Crippen LogP contribution in [0.25, 0.3) is 16.6 Å². The lowest BCUT2D eigenvalue weighted by Gasteiger charge is -2.29. The SMILES string of the molecule is C=C/C(=C\N(C)CC)Nc1ncnc2[nH]c(C3=CCN(C(=O)OC(C)(C)C)CC3)cc12. The summed E-state index contributed by atoms with van der Waals surface area (Å²) in [5.74, 6) is 0.718. The first-order chi connectivity index (χ1) is 14.7. The predicted molar refractivity (Wildman–Crippen MR) is 124 cm³/mol. The van der Waals surface area contributed by atoms with Crippen molar-refractivity contribution in [3.05, 3.63) is 48.7 Å². The lowest BCUT2D eigenvalue weighted by molar-refractivity contribution is 0.0270. The van der Waals surface area contributed by atoms with Gasteiger partial charge < -0.3 is 24.8 Å². The van der Waals surface area contributed by atoms with Crippen molar-refractivity contribution >= 4 is 28.5 Å². The minimum absolute atomic E-state index is 0.280. The van der Waals surface area contributed by atoms with Gasteiger partial charge >= 0.3 is 6.09 Å². The molecule has 8 nitrogen and oxygen atoms in total. The van der Waals surface area contributed by atoms with Crippen LogP contribution in [0.5, 0.6) is 0 Å². The normalized spacial score (nSPS) is 14.9. The van der Waals surface area contributed by atoms with Gasteiger partial charge in [-0.05, 0) is 51.8 Å². The van der Waals surface area contributed by atoms with Crippen LogP contribution < -0.4 is 5.32 Å². The van der Waals surface area contributed by atoms with E-state index < -0.39 is 5.60 Å². The van der Waals surface area contributed by atoms with Crippen molar-refractivity contribution in [3.8, 4) is 0 Å². The molecule has 166 valence electrons. The Hall–Kier alpha value is -3.29. The molecule has 2 N–H and O–H groups in total. The zero-order chi connectivity index (χ0) is 22.6. The van der Waals surface area contributed by atoms with Crippen LogP contribution in [0.2, 0.25) is 0 Å². The summed E-state index contributed by atoms with van der Waals surface area (Å²) in [7, 11) is 2.01. The summed E-state index contributed by atoms with van der Waals surface area (Å²) < 4.78 is 5.47. The van der Waals surface area contributed by atoms with Crippen molar-refractivity contribution in [1.82, 2.24) is 24.8 Å². The molecule has 0 unspecified atom stereocenters. The molecule has 2 aromatic rings. The number of hydrogen-bond acceptors (Lipinski definition) is 6. The molecule has 31 heavy (non-hydrogen) atoms. The van der Waals surface area contributed by atoms with Crippen LogP contribution >= 0.6 is 0 Å². The van der Waals surface area contributed by atoms with Gasteiger partial charge in [-0.1, -0.05) is 12.7 Å². The molecular weight excluding hydrogens is 392 g/mol. The second-order valence-corrected chi connectivity index (χ2v) is 8.56. The molecule has 0 bridgehead atoms. The third-order valence-corrected chi connectivity index (χ3v) is 4.97. The highest BCUT2D eigenvalue weighted by Gasteiger charge is 2.24. The van der Waals surface area contributed by atoms with Crippen LogP contribution in [0.15, 0.2) is 43.0 Å². The van der Waals surface area contributed by atoms with E-state index in [9.17, 15) is 4.79 Å². The molecule has 1 amide bonds. The number of ether oxygens (including phenoxy) is 1. The van der Waals surface area contributed by atoms with E-state index in [-0.39, 0.29) is 6.09 Å². The minimum Gasteiger partial charge on any atom is -0.444 e. The first kappa shape index (κ1) is 22.4. The molecule has 0 fully saturated rings. The van der Waals surface area contributed by atoms with Gasteiger partial charge in [0.15, 0.2) is 0 Å². The molecule has 1 aliphatic heterocycles. The fourth-order valence-corrected chi connectivity index (χ4v) is 3.22. The van der Waals surface area contributed by atoms with Gasteiger partial charge in [0.1, 0.15) is 23.4 Å². The second-order valence-electron chi connectivity index (χ2n) is 8.56. The van der Waals surface area contributed by atoms with Crippen molar-refractivity contribution < 1.29 is 9.53 Å². The van der Waals surface area contributed by atoms with E-state index in [0.717, 1.165) is 46.8 Å². The zero-order valence-electron chi connectivity index (χ0n) is 19.0. The summed E-state index contributed by atoms with van der Waals surface area (Å²) >= 11 is 0. The monoisotopic (exact) mass is 424 g/mol. The highest BCUT2D eigenvalue weighted by Crippen LogP contribution is 2.28. The molecule has 0 spiro atoms. The Kier molecular flexibility index (Phi) is 6.68. The first-order valence-electron chi connectivity index (χ1n) is 10.5. The van der Waals surface area contributed by atoms with Gasteiger partial charge in [0.25, 0.3) is 0 Å². The summed E-state index contributed by atoms with van der Waals surface area (Å²) in [5, 5.41) is 4.24. The Morgan fingerprint density at radius 3 is 2.81 bits per heavy atom. The Bertz CT molecular complexity index is 1010. The predicted octanol–water partition coefficient (Wildman–Crippen LogP) is 4.37. The van der Waals surface area contributed by atoms with E-state index in [2.05, 4.69) is 50.8 Å². The van der Waals surface area contributed by atoms with Crippen molar-refractivity contribution in [2.45, 2.75) is 39.7 Å². The minimum atomic E-state index is -0.495. The number of aromatic nitrogens is 3. The number of carbonyl (C=O) groups excluding carboxylic acids is 1. The maximum Gasteiger partial charge on any atom is 0.410 e. The second kappa shape index (κ2) is 9.24. The van der Waals surface area contributed by atoms with Crippen LogP contribution in [0.3, 0.4) is 0 Å². The number of fused-ring (bicyclic) bond motifs is 1. The van der Waals surface area contributed by atoms with Crippen molar-refractivity contribution in [2.75, 3.05) is 32.0 Å². The van der Waals surface area contributed by atoms with Crippen molar-refractivity contribution in [2.24, 2.45) is 0 Å². The number of carbonyl (C=O) groups is 1. The number of nitrogens with zero attached hydrogens (tertiary/aromatic N) is 4. The fraction of sp³-hybridized carbons (Fsp3) is 0.435. The van der Waals surface area contributed by atoms with Crippen LogP contribution in [0, 0.1) is 0 Å². The van der Waals surface area contributed by atoms with Crippen molar-refractivity contribution in [1.29, 1.82) is 0 Å². The molecular formula is C23H32N6O2. The summed E-state index contributed by atoms with van der Waals surface area (Å²) in [6, 6.07) is 2.05. The molecule has 0 saturated heterocycles. The molecule has 8 heteroatoms. The third-order valence-electron chi connectivity index (χ3n) is 4.97. The summed E-state index contributed by atoms with van der Waals surface area (Å²) in [4.78, 5) is 28.3. The number of amides is 1. The summed E-state index contributed by atoms with van der Waals surface area (Å²) in [6.45, 7) is 13.6. The number of hydrogen-bond donors (Lipinski definition) is 2. The Morgan fingerprint density at radius 2 is 2.19 bits per heavy atom. The molecule has 3 rings (SSSR count). The van der Waals surface area contributed by atoms with Crippen LogP contribution in [-0.4, -0.2) is 63.1 Å². The summed E-state index contributed by atoms with van der Waals surface area (Å²) in [6.07, 6.45) is 7.81. The standard InChI is InChI=1S/C23H32N6O2/c1-7-17(14-28(6)8-2)26-20-18-13-19(27-21(18)25-15-24-20)16-9-11-29(12-10-16)22(30)31-23(3,4)5/h7,9,13-15H,1,8,10-12H2,2-6H3,(H2,24,25,26,27)/b17-14+. The fourth-order valence-electron chi connectivity index (χ4n) is 3.22. The number of aromatic amines is 1. The van der Waals surface area contributed by atoms with Crippen LogP contribution in [0.4, 0.5) is 10.6 Å². The lowest BCUT2D eigenvalue weighted by atomic mass is 10.1. The average molecular weight is 425 g/mol. The Morgan fingerprint density at radius 1 is 1.42 bits per heavy atom. The molecule has 1 aliphatic rings. The largest absolute Gasteiger partial charge is 0.444 e. The quantitative estimate of drug-likeness (QED) is 0.670. The average Bonchev–Trinajstić information content (AvgIpc) is 3.17. The van der Waals surface area contributed by atoms with E-state index in [4.69, 9.17) is 4.74 Å². The first-order valence-corrected chi connectivity index (χ1v) is 10.5. The topological polar surface area (TPSA) is 86.4 Å². The Balaban J connectivity index is 1.79. The lowest BCUT2D eigenvalue weighted by Crippen LogP contribution is -2.39. The third kappa shape index (κ3) is 5.65. The van der Waals surface area contributed by atoms with Crippen LogP contribution in [-0.2, 0) is 4.74 Å². The summed E-state index contributed by atoms with van der Waals surface area (Å²) in [5.41, 5.74) is 3.25. The number of rotatable bonds is 6. The number of anilines is 1. The van der Waals surface area contributed by atoms with Gasteiger partial charge in [0, 0.05) is 38.6 Å². The van der Waals surface area contributed by atoms with Gasteiger partial charge in [-0.3, -0.25) is 0 Å². The molecule has 2 aromatic heterocycles. The molecule has 3 heterocycles. The number of H-pyrrole nitrogens is 1. The maximum atomic E-state index is 12.3. The van der Waals surface area contributed by atoms with Crippen LogP contribution in [0.1, 0.15) is 39.8 Å². The van der Waals surface area contributed by atoms with Crippen molar-refractivity contribution in [3.63, 3.8) is 0 Å². The maximum absolute atomic E-state index is 12.3. The van der Waals surface area contributed by atoms with Gasteiger partial charge in [-0.25, -0.2) is 14.8 Å². The molecule has 0 aliphatic carbocycles. The Labute approximate surface area is 183 Å². The molecule has 0 saturated carbocycles. The molecule has 0 atom stereocenters. The van der Waals surface area contributed by atoms with E-state index in [1.165, 1.54) is 6.33 Å². The zero-order valence-corrected chi connectivity index (χ0v) is 19.0. The van der Waals surface area contributed by atoms with Gasteiger partial charge in [-0.2, -0.15) is 0 Å². The van der Waals surface area contributed by atoms with Gasteiger partial charge in [-0.15, -0.1) is 0 Å². The highest BCUT2D eigenvalue weighted by molar-refractivity contribution is 5.91. The van der Waals surface area contributed by atoms with E-state index >= 15 is 0 Å².